The molecule has 0 saturated heterocycles. The summed E-state index contributed by atoms with van der Waals surface area (Å²) < 4.78 is 0. The summed E-state index contributed by atoms with van der Waals surface area (Å²) in [5, 5.41) is 5.64. The highest BCUT2D eigenvalue weighted by atomic mass is 16.2. The van der Waals surface area contributed by atoms with Gasteiger partial charge in [-0.25, -0.2) is 0 Å². The van der Waals surface area contributed by atoms with Crippen molar-refractivity contribution in [1.29, 1.82) is 0 Å². The lowest BCUT2D eigenvalue weighted by molar-refractivity contribution is -0.133. The van der Waals surface area contributed by atoms with Gasteiger partial charge >= 0.3 is 0 Å². The maximum absolute atomic E-state index is 12.4. The monoisotopic (exact) mass is 381 g/mol. The maximum Gasteiger partial charge on any atom is 0.251 e. The molecular formula is C22H27N3O3. The minimum absolute atomic E-state index is 0.0500. The number of benzene rings is 2. The van der Waals surface area contributed by atoms with Crippen molar-refractivity contribution in [2.75, 3.05) is 18.9 Å². The second-order valence-electron chi connectivity index (χ2n) is 6.99. The number of hydrogen-bond acceptors (Lipinski definition) is 3. The average molecular weight is 381 g/mol. The van der Waals surface area contributed by atoms with E-state index in [1.165, 1.54) is 4.90 Å². The summed E-state index contributed by atoms with van der Waals surface area (Å²) in [7, 11) is 1.58. The van der Waals surface area contributed by atoms with Crippen LogP contribution < -0.4 is 10.6 Å². The van der Waals surface area contributed by atoms with E-state index in [9.17, 15) is 14.4 Å². The highest BCUT2D eigenvalue weighted by Gasteiger charge is 2.18. The van der Waals surface area contributed by atoms with Crippen molar-refractivity contribution in [3.63, 3.8) is 0 Å². The molecule has 2 N–H and O–H groups in total. The highest BCUT2D eigenvalue weighted by Crippen LogP contribution is 2.17. The van der Waals surface area contributed by atoms with Crippen LogP contribution in [0.4, 0.5) is 5.69 Å². The van der Waals surface area contributed by atoms with Crippen LogP contribution in [0, 0.1) is 13.8 Å². The Hall–Kier alpha value is -3.15. The number of nitrogens with zero attached hydrogens (tertiary/aromatic N) is 1. The molecule has 0 radical (unpaired) electrons. The molecule has 3 amide bonds. The van der Waals surface area contributed by atoms with Gasteiger partial charge < -0.3 is 15.5 Å². The molecule has 0 fully saturated rings. The fourth-order valence-electron chi connectivity index (χ4n) is 2.75. The van der Waals surface area contributed by atoms with Crippen LogP contribution in [0.25, 0.3) is 0 Å². The van der Waals surface area contributed by atoms with Crippen LogP contribution in [0.1, 0.15) is 34.8 Å². The van der Waals surface area contributed by atoms with E-state index in [2.05, 4.69) is 10.6 Å². The number of aryl methyl sites for hydroxylation is 1. The fourth-order valence-corrected chi connectivity index (χ4v) is 2.75. The molecular weight excluding hydrogens is 354 g/mol. The molecule has 1 atom stereocenters. The minimum atomic E-state index is -0.343. The molecule has 6 nitrogen and oxygen atoms in total. The summed E-state index contributed by atoms with van der Waals surface area (Å²) in [5.74, 6) is -0.696. The number of carbonyl (C=O) groups is 3. The summed E-state index contributed by atoms with van der Waals surface area (Å²) in [6, 6.07) is 14.2. The van der Waals surface area contributed by atoms with Gasteiger partial charge in [0.05, 0.1) is 6.54 Å². The van der Waals surface area contributed by atoms with Crippen molar-refractivity contribution in [3.8, 4) is 0 Å². The molecule has 2 aromatic rings. The Bertz CT molecular complexity index is 849. The number of amides is 3. The Morgan fingerprint density at radius 2 is 1.68 bits per heavy atom. The zero-order valence-electron chi connectivity index (χ0n) is 16.8. The van der Waals surface area contributed by atoms with Gasteiger partial charge in [0.15, 0.2) is 0 Å². The first-order chi connectivity index (χ1) is 13.3. The molecule has 0 unspecified atom stereocenters. The Morgan fingerprint density at radius 1 is 1.00 bits per heavy atom. The third kappa shape index (κ3) is 5.94. The van der Waals surface area contributed by atoms with Crippen molar-refractivity contribution in [3.05, 3.63) is 65.2 Å². The Labute approximate surface area is 165 Å². The predicted molar refractivity (Wildman–Crippen MR) is 110 cm³/mol. The predicted octanol–water partition coefficient (Wildman–Crippen LogP) is 2.91. The van der Waals surface area contributed by atoms with Crippen molar-refractivity contribution in [2.45, 2.75) is 33.2 Å². The van der Waals surface area contributed by atoms with Gasteiger partial charge in [-0.1, -0.05) is 30.3 Å². The van der Waals surface area contributed by atoms with Crippen molar-refractivity contribution in [1.82, 2.24) is 10.2 Å². The number of hydrogen-bond donors (Lipinski definition) is 2. The SMILES string of the molecule is Cc1cccc(NC(=O)CN(C)C(=O)C[C@@H](C)NC(=O)c2ccccc2)c1C. The van der Waals surface area contributed by atoms with Crippen LogP contribution in [0.3, 0.4) is 0 Å². The molecule has 0 aromatic heterocycles. The van der Waals surface area contributed by atoms with Crippen LogP contribution in [0.15, 0.2) is 48.5 Å². The molecule has 0 bridgehead atoms. The normalized spacial score (nSPS) is 11.4. The molecule has 0 aliphatic heterocycles. The second kappa shape index (κ2) is 9.69. The topological polar surface area (TPSA) is 78.5 Å². The highest BCUT2D eigenvalue weighted by molar-refractivity contribution is 5.96. The quantitative estimate of drug-likeness (QED) is 0.774. The third-order valence-electron chi connectivity index (χ3n) is 4.58. The van der Waals surface area contributed by atoms with Gasteiger partial charge in [0.2, 0.25) is 11.8 Å². The van der Waals surface area contributed by atoms with Crippen molar-refractivity contribution < 1.29 is 14.4 Å². The van der Waals surface area contributed by atoms with Crippen molar-refractivity contribution in [2.24, 2.45) is 0 Å². The van der Waals surface area contributed by atoms with Gasteiger partial charge in [0.1, 0.15) is 0 Å². The zero-order valence-corrected chi connectivity index (χ0v) is 16.8. The molecule has 0 aliphatic carbocycles. The summed E-state index contributed by atoms with van der Waals surface area (Å²) in [6.07, 6.45) is 0.117. The Balaban J connectivity index is 1.83. The number of likely N-dealkylation sites (N-methyl/N-ethyl adjacent to an activating group) is 1. The molecule has 28 heavy (non-hydrogen) atoms. The van der Waals surface area contributed by atoms with E-state index in [1.807, 2.05) is 38.1 Å². The van der Waals surface area contributed by atoms with E-state index < -0.39 is 0 Å². The second-order valence-corrected chi connectivity index (χ2v) is 6.99. The summed E-state index contributed by atoms with van der Waals surface area (Å²) in [5.41, 5.74) is 3.38. The van der Waals surface area contributed by atoms with Gasteiger partial charge in [-0.3, -0.25) is 14.4 Å². The molecule has 0 aliphatic rings. The average Bonchev–Trinajstić information content (AvgIpc) is 2.65. The van der Waals surface area contributed by atoms with Crippen LogP contribution in [-0.2, 0) is 9.59 Å². The van der Waals surface area contributed by atoms with Gasteiger partial charge in [0.25, 0.3) is 5.91 Å². The third-order valence-corrected chi connectivity index (χ3v) is 4.58. The summed E-state index contributed by atoms with van der Waals surface area (Å²) in [4.78, 5) is 38.2. The molecule has 6 heteroatoms. The first-order valence-electron chi connectivity index (χ1n) is 9.24. The number of carbonyl (C=O) groups excluding carboxylic acids is 3. The van der Waals surface area contributed by atoms with Crippen LogP contribution in [-0.4, -0.2) is 42.3 Å². The van der Waals surface area contributed by atoms with Gasteiger partial charge in [-0.05, 0) is 50.1 Å². The summed E-state index contributed by atoms with van der Waals surface area (Å²) >= 11 is 0. The lowest BCUT2D eigenvalue weighted by atomic mass is 10.1. The Morgan fingerprint density at radius 3 is 2.36 bits per heavy atom. The molecule has 2 rings (SSSR count). The van der Waals surface area contributed by atoms with Crippen LogP contribution in [0.5, 0.6) is 0 Å². The first kappa shape index (κ1) is 21.2. The molecule has 148 valence electrons. The van der Waals surface area contributed by atoms with E-state index in [4.69, 9.17) is 0 Å². The number of nitrogens with one attached hydrogen (secondary N) is 2. The Kier molecular flexibility index (Phi) is 7.32. The lowest BCUT2D eigenvalue weighted by Gasteiger charge is -2.20. The number of rotatable bonds is 7. The van der Waals surface area contributed by atoms with E-state index >= 15 is 0 Å². The van der Waals surface area contributed by atoms with E-state index in [0.717, 1.165) is 16.8 Å². The van der Waals surface area contributed by atoms with E-state index in [0.29, 0.717) is 5.56 Å². The molecule has 0 spiro atoms. The maximum atomic E-state index is 12.4. The van der Waals surface area contributed by atoms with Crippen molar-refractivity contribution >= 4 is 23.4 Å². The number of anilines is 1. The largest absolute Gasteiger partial charge is 0.349 e. The minimum Gasteiger partial charge on any atom is -0.349 e. The van der Waals surface area contributed by atoms with E-state index in [1.54, 1.807) is 38.2 Å². The molecule has 0 saturated carbocycles. The molecule has 2 aromatic carbocycles. The van der Waals surface area contributed by atoms with Crippen LogP contribution >= 0.6 is 0 Å². The standard InChI is InChI=1S/C22H27N3O3/c1-15-9-8-12-19(17(15)3)24-20(26)14-25(4)21(27)13-16(2)23-22(28)18-10-6-5-7-11-18/h5-12,16H,13-14H2,1-4H3,(H,23,28)(H,24,26)/t16-/m1/s1. The van der Waals surface area contributed by atoms with Crippen LogP contribution in [0.2, 0.25) is 0 Å². The van der Waals surface area contributed by atoms with Gasteiger partial charge in [0, 0.05) is 30.8 Å². The lowest BCUT2D eigenvalue weighted by Crippen LogP contribution is -2.40. The summed E-state index contributed by atoms with van der Waals surface area (Å²) in [6.45, 7) is 5.64. The first-order valence-corrected chi connectivity index (χ1v) is 9.24. The smallest absolute Gasteiger partial charge is 0.251 e. The fraction of sp³-hybridized carbons (Fsp3) is 0.318. The van der Waals surface area contributed by atoms with E-state index in [-0.39, 0.29) is 36.7 Å². The zero-order chi connectivity index (χ0) is 20.7. The van der Waals surface area contributed by atoms with Gasteiger partial charge in [-0.2, -0.15) is 0 Å². The van der Waals surface area contributed by atoms with Gasteiger partial charge in [-0.15, -0.1) is 0 Å². The molecule has 0 heterocycles.